The van der Waals surface area contributed by atoms with E-state index in [1.165, 1.54) is 61.6 Å². The summed E-state index contributed by atoms with van der Waals surface area (Å²) in [5.74, 6) is -2.20. The first-order valence-corrected chi connectivity index (χ1v) is 25.3. The number of anilines is 1. The predicted octanol–water partition coefficient (Wildman–Crippen LogP) is 3.12. The van der Waals surface area contributed by atoms with E-state index in [-0.39, 0.29) is 54.6 Å². The van der Waals surface area contributed by atoms with Gasteiger partial charge in [0.25, 0.3) is 46.9 Å². The summed E-state index contributed by atoms with van der Waals surface area (Å²) in [6.45, 7) is 4.93. The van der Waals surface area contributed by atoms with E-state index in [1.54, 1.807) is 29.4 Å². The number of hydrogen-bond donors (Lipinski definition) is 4. The van der Waals surface area contributed by atoms with Crippen LogP contribution in [0, 0.1) is 0 Å². The lowest BCUT2D eigenvalue weighted by Crippen LogP contribution is -2.35. The maximum Gasteiger partial charge on any atom is 0.298 e. The fraction of sp³-hybridized carbons (Fsp3) is 0.333. The van der Waals surface area contributed by atoms with Gasteiger partial charge in [0.1, 0.15) is 17.2 Å². The molecule has 2 aliphatic rings. The fourth-order valence-electron chi connectivity index (χ4n) is 7.82. The number of rotatable bonds is 17. The van der Waals surface area contributed by atoms with E-state index in [2.05, 4.69) is 0 Å². The third kappa shape index (κ3) is 10.2. The monoisotopic (exact) mass is 932 g/mol. The SMILES string of the molecule is CC1(C)C(/C=C/C=C/C=C2/N(CCCS(=O)(=O)[O-])c3ccc(OC=O)cc3C2(C)CS(=O)(=O)O)=[N+](CCCS(=O)(=O)O)c2ccc3c(S(=O)(=O)O)cc(S(=O)(=O)O)cc3c21. The summed E-state index contributed by atoms with van der Waals surface area (Å²) < 4.78 is 178. The molecule has 0 spiro atoms. The van der Waals surface area contributed by atoms with Gasteiger partial charge in [-0.1, -0.05) is 18.2 Å². The zero-order chi connectivity index (χ0) is 44.9. The topological polar surface area (TPSA) is 307 Å². The Balaban J connectivity index is 1.65. The van der Waals surface area contributed by atoms with Crippen LogP contribution in [0.15, 0.2) is 88.3 Å². The second-order valence-electron chi connectivity index (χ2n) is 14.7. The minimum Gasteiger partial charge on any atom is -0.748 e. The summed E-state index contributed by atoms with van der Waals surface area (Å²) in [4.78, 5) is 11.1. The number of allylic oxidation sites excluding steroid dienone is 6. The normalized spacial score (nSPS) is 19.2. The van der Waals surface area contributed by atoms with Crippen molar-refractivity contribution in [1.29, 1.82) is 0 Å². The third-order valence-corrected chi connectivity index (χ3v) is 14.4. The molecule has 3 aromatic rings. The number of fused-ring (bicyclic) bond motifs is 4. The summed E-state index contributed by atoms with van der Waals surface area (Å²) in [7, 11) is -23.8. The molecule has 0 radical (unpaired) electrons. The van der Waals surface area contributed by atoms with Crippen molar-refractivity contribution in [2.75, 3.05) is 35.2 Å². The first-order valence-electron chi connectivity index (χ1n) is 17.6. The van der Waals surface area contributed by atoms with Gasteiger partial charge in [0, 0.05) is 53.2 Å². The average Bonchev–Trinajstić information content (AvgIpc) is 3.43. The first-order chi connectivity index (χ1) is 27.5. The Hall–Kier alpha value is -4.37. The van der Waals surface area contributed by atoms with Gasteiger partial charge in [-0.2, -0.15) is 38.2 Å². The standard InChI is InChI=1S/C36H40N2O17S5/c1-35(2)32(38(16-8-18-57(43,44)45)30-14-12-26-27(34(30)35)20-25(59(49,50)51)21-31(26)60(52,53)54)9-5-4-6-10-33-36(3,22-58(46,47)48)28-19-24(55-23-39)11-13-29(28)37(33)15-7-17-56(40,41)42/h4-6,9-14,19-21,23H,7-8,15-18,22H2,1-3H3,(H4-,40,41,42,43,44,45,46,47,48,49,50,51,52,53,54). The number of hydrogen-bond acceptors (Lipinski definition) is 14. The molecule has 4 N–H and O–H groups in total. The van der Waals surface area contributed by atoms with Gasteiger partial charge >= 0.3 is 0 Å². The van der Waals surface area contributed by atoms with Crippen molar-refractivity contribution in [2.24, 2.45) is 0 Å². The smallest absolute Gasteiger partial charge is 0.298 e. The first kappa shape index (κ1) is 46.7. The van der Waals surface area contributed by atoms with Gasteiger partial charge in [0.05, 0.1) is 37.3 Å². The van der Waals surface area contributed by atoms with Crippen molar-refractivity contribution in [3.8, 4) is 5.75 Å². The van der Waals surface area contributed by atoms with Crippen LogP contribution in [0.2, 0.25) is 0 Å². The fourth-order valence-corrected chi connectivity index (χ4v) is 11.2. The van der Waals surface area contributed by atoms with Crippen LogP contribution >= 0.6 is 0 Å². The Labute approximate surface area is 347 Å². The van der Waals surface area contributed by atoms with Gasteiger partial charge in [-0.15, -0.1) is 0 Å². The van der Waals surface area contributed by atoms with E-state index in [9.17, 15) is 69.6 Å². The lowest BCUT2D eigenvalue weighted by Gasteiger charge is -2.29. The molecule has 2 heterocycles. The zero-order valence-electron chi connectivity index (χ0n) is 32.0. The molecule has 0 amide bonds. The summed E-state index contributed by atoms with van der Waals surface area (Å²) in [5, 5.41) is -0.0618. The lowest BCUT2D eigenvalue weighted by atomic mass is 9.79. The van der Waals surface area contributed by atoms with Crippen LogP contribution < -0.4 is 9.64 Å². The second-order valence-corrected chi connectivity index (χ2v) is 22.1. The minimum absolute atomic E-state index is 0.0224. The number of nitrogens with zero attached hydrogens (tertiary/aromatic N) is 2. The highest BCUT2D eigenvalue weighted by atomic mass is 32.2. The van der Waals surface area contributed by atoms with Gasteiger partial charge in [0.2, 0.25) is 5.69 Å². The van der Waals surface area contributed by atoms with E-state index in [1.807, 2.05) is 0 Å². The van der Waals surface area contributed by atoms with Crippen LogP contribution in [0.25, 0.3) is 10.8 Å². The number of ether oxygens (including phenoxy) is 1. The molecule has 0 saturated heterocycles. The maximum absolute atomic E-state index is 12.4. The number of carbonyl (C=O) groups is 1. The van der Waals surface area contributed by atoms with E-state index < -0.39 is 88.5 Å². The molecule has 0 aromatic heterocycles. The molecule has 0 bridgehead atoms. The van der Waals surface area contributed by atoms with E-state index >= 15 is 0 Å². The Morgan fingerprint density at radius 3 is 2.05 bits per heavy atom. The molecule has 1 unspecified atom stereocenters. The average molecular weight is 933 g/mol. The molecule has 19 nitrogen and oxygen atoms in total. The summed E-state index contributed by atoms with van der Waals surface area (Å²) in [6.07, 6.45) is 7.36. The second kappa shape index (κ2) is 16.5. The molecular weight excluding hydrogens is 893 g/mol. The molecule has 24 heteroatoms. The Morgan fingerprint density at radius 2 is 1.47 bits per heavy atom. The van der Waals surface area contributed by atoms with Crippen molar-refractivity contribution in [1.82, 2.24) is 0 Å². The molecule has 0 fully saturated rings. The van der Waals surface area contributed by atoms with Crippen LogP contribution in [0.5, 0.6) is 5.75 Å². The highest BCUT2D eigenvalue weighted by molar-refractivity contribution is 7.87. The summed E-state index contributed by atoms with van der Waals surface area (Å²) >= 11 is 0. The number of benzene rings is 3. The van der Waals surface area contributed by atoms with Gasteiger partial charge in [-0.25, -0.2) is 8.42 Å². The summed E-state index contributed by atoms with van der Waals surface area (Å²) in [6, 6.07) is 8.77. The van der Waals surface area contributed by atoms with Crippen molar-refractivity contribution in [3.63, 3.8) is 0 Å². The van der Waals surface area contributed by atoms with Gasteiger partial charge < -0.3 is 14.2 Å². The molecule has 3 aromatic carbocycles. The maximum atomic E-state index is 12.4. The van der Waals surface area contributed by atoms with Gasteiger partial charge in [-0.3, -0.25) is 23.0 Å². The Bertz CT molecular complexity index is 2970. The molecule has 326 valence electrons. The minimum atomic E-state index is -5.04. The van der Waals surface area contributed by atoms with Crippen molar-refractivity contribution in [3.05, 3.63) is 89.7 Å². The molecule has 60 heavy (non-hydrogen) atoms. The summed E-state index contributed by atoms with van der Waals surface area (Å²) in [5.41, 5.74) is -0.570. The van der Waals surface area contributed by atoms with Crippen LogP contribution in [0.4, 0.5) is 11.4 Å². The van der Waals surface area contributed by atoms with E-state index in [0.717, 1.165) is 6.07 Å². The van der Waals surface area contributed by atoms with Crippen molar-refractivity contribution >= 4 is 84.9 Å². The van der Waals surface area contributed by atoms with Gasteiger partial charge in [-0.05, 0) is 80.6 Å². The van der Waals surface area contributed by atoms with Crippen LogP contribution in [-0.2, 0) is 66.2 Å². The van der Waals surface area contributed by atoms with Gasteiger partial charge in [0.15, 0.2) is 5.71 Å². The van der Waals surface area contributed by atoms with E-state index in [0.29, 0.717) is 34.3 Å². The molecule has 1 atom stereocenters. The van der Waals surface area contributed by atoms with Crippen molar-refractivity contribution < 1.29 is 79.0 Å². The Morgan fingerprint density at radius 1 is 0.783 bits per heavy atom. The zero-order valence-corrected chi connectivity index (χ0v) is 36.1. The van der Waals surface area contributed by atoms with Crippen LogP contribution in [0.1, 0.15) is 44.7 Å². The predicted molar refractivity (Wildman–Crippen MR) is 217 cm³/mol. The van der Waals surface area contributed by atoms with E-state index in [4.69, 9.17) is 4.74 Å². The number of carbonyl (C=O) groups excluding carboxylic acids is 1. The molecule has 2 aliphatic heterocycles. The largest absolute Gasteiger partial charge is 0.748 e. The Kier molecular flexibility index (Phi) is 12.8. The highest BCUT2D eigenvalue weighted by Crippen LogP contribution is 2.50. The molecule has 5 rings (SSSR count). The molecule has 0 aliphatic carbocycles. The lowest BCUT2D eigenvalue weighted by molar-refractivity contribution is -0.437. The quantitative estimate of drug-likeness (QED) is 0.0654. The van der Waals surface area contributed by atoms with Crippen LogP contribution in [-0.4, -0.2) is 112 Å². The molecule has 0 saturated carbocycles. The third-order valence-electron chi connectivity index (χ3n) is 10.1. The van der Waals surface area contributed by atoms with Crippen LogP contribution in [0.3, 0.4) is 0 Å². The van der Waals surface area contributed by atoms with Crippen molar-refractivity contribution in [2.45, 2.75) is 54.2 Å². The highest BCUT2D eigenvalue weighted by Gasteiger charge is 2.47. The molecular formula is C36H40N2O17S5.